The van der Waals surface area contributed by atoms with Gasteiger partial charge in [0.05, 0.1) is 21.2 Å². The third-order valence-corrected chi connectivity index (χ3v) is 5.77. The van der Waals surface area contributed by atoms with E-state index >= 15 is 0 Å². The number of hydrogen-bond donors (Lipinski definition) is 1. The van der Waals surface area contributed by atoms with E-state index in [4.69, 9.17) is 16.3 Å². The molecule has 0 aliphatic carbocycles. The Morgan fingerprint density at radius 2 is 1.78 bits per heavy atom. The molecule has 0 fully saturated rings. The van der Waals surface area contributed by atoms with E-state index in [2.05, 4.69) is 5.32 Å². The highest BCUT2D eigenvalue weighted by Crippen LogP contribution is 2.21. The van der Waals surface area contributed by atoms with Crippen molar-refractivity contribution in [2.24, 2.45) is 0 Å². The van der Waals surface area contributed by atoms with Crippen LogP contribution in [0.3, 0.4) is 0 Å². The average molecular weight is 411 g/mol. The fraction of sp³-hybridized carbons (Fsp3) is 0.222. The van der Waals surface area contributed by atoms with Crippen LogP contribution in [-0.4, -0.2) is 44.8 Å². The van der Waals surface area contributed by atoms with Gasteiger partial charge in [-0.15, -0.1) is 0 Å². The highest BCUT2D eigenvalue weighted by Gasteiger charge is 2.22. The van der Waals surface area contributed by atoms with Crippen molar-refractivity contribution in [3.63, 3.8) is 0 Å². The van der Waals surface area contributed by atoms with Crippen molar-refractivity contribution in [3.8, 4) is 0 Å². The van der Waals surface area contributed by atoms with Crippen LogP contribution in [0.25, 0.3) is 0 Å². The van der Waals surface area contributed by atoms with Gasteiger partial charge in [-0.05, 0) is 37.3 Å². The summed E-state index contributed by atoms with van der Waals surface area (Å²) in [7, 11) is -0.911. The number of benzene rings is 2. The maximum atomic E-state index is 12.3. The molecule has 1 atom stereocenters. The number of hydrogen-bond acceptors (Lipinski definition) is 5. The smallest absolute Gasteiger partial charge is 0.338 e. The van der Waals surface area contributed by atoms with Gasteiger partial charge >= 0.3 is 5.97 Å². The largest absolute Gasteiger partial charge is 0.449 e. The average Bonchev–Trinajstić information content (AvgIpc) is 2.63. The van der Waals surface area contributed by atoms with Gasteiger partial charge in [0.2, 0.25) is 10.0 Å². The molecule has 1 amide bonds. The molecule has 144 valence electrons. The fourth-order valence-corrected chi connectivity index (χ4v) is 3.20. The summed E-state index contributed by atoms with van der Waals surface area (Å²) in [5, 5.41) is 2.92. The molecule has 1 unspecified atom stereocenters. The minimum Gasteiger partial charge on any atom is -0.449 e. The molecule has 0 aliphatic rings. The zero-order valence-corrected chi connectivity index (χ0v) is 16.5. The predicted molar refractivity (Wildman–Crippen MR) is 102 cm³/mol. The van der Waals surface area contributed by atoms with Gasteiger partial charge in [0.25, 0.3) is 5.91 Å². The summed E-state index contributed by atoms with van der Waals surface area (Å²) >= 11 is 5.98. The molecular formula is C18H19ClN2O5S. The highest BCUT2D eigenvalue weighted by molar-refractivity contribution is 7.89. The number of halogens is 1. The number of nitrogens with one attached hydrogen (secondary N) is 1. The molecule has 0 bridgehead atoms. The van der Waals surface area contributed by atoms with Crippen LogP contribution in [0.5, 0.6) is 0 Å². The Labute approximate surface area is 162 Å². The van der Waals surface area contributed by atoms with Gasteiger partial charge in [-0.25, -0.2) is 17.5 Å². The molecule has 1 N–H and O–H groups in total. The maximum Gasteiger partial charge on any atom is 0.338 e. The molecule has 9 heteroatoms. The number of amides is 1. The van der Waals surface area contributed by atoms with Crippen LogP contribution >= 0.6 is 11.6 Å². The van der Waals surface area contributed by atoms with E-state index in [1.54, 1.807) is 24.3 Å². The van der Waals surface area contributed by atoms with Crippen LogP contribution in [-0.2, 0) is 19.6 Å². The quantitative estimate of drug-likeness (QED) is 0.739. The normalized spacial score (nSPS) is 12.5. The van der Waals surface area contributed by atoms with E-state index in [0.717, 1.165) is 4.31 Å². The minimum atomic E-state index is -3.69. The number of nitrogens with zero attached hydrogens (tertiary/aromatic N) is 1. The Balaban J connectivity index is 2.10. The molecule has 27 heavy (non-hydrogen) atoms. The Morgan fingerprint density at radius 1 is 1.11 bits per heavy atom. The Kier molecular flexibility index (Phi) is 6.59. The predicted octanol–water partition coefficient (Wildman–Crippen LogP) is 2.77. The molecule has 0 saturated carbocycles. The summed E-state index contributed by atoms with van der Waals surface area (Å²) in [6.07, 6.45) is -1.11. The number of para-hydroxylation sites is 1. The Morgan fingerprint density at radius 3 is 2.41 bits per heavy atom. The molecule has 2 aromatic carbocycles. The van der Waals surface area contributed by atoms with Crippen LogP contribution in [0.4, 0.5) is 5.69 Å². The van der Waals surface area contributed by atoms with E-state index in [0.29, 0.717) is 10.7 Å². The Bertz CT molecular complexity index is 960. The van der Waals surface area contributed by atoms with Gasteiger partial charge in [0.15, 0.2) is 6.10 Å². The van der Waals surface area contributed by atoms with E-state index < -0.39 is 28.0 Å². The second-order valence-electron chi connectivity index (χ2n) is 5.83. The van der Waals surface area contributed by atoms with Gasteiger partial charge in [-0.3, -0.25) is 4.79 Å². The fourth-order valence-electron chi connectivity index (χ4n) is 2.07. The topological polar surface area (TPSA) is 92.8 Å². The lowest BCUT2D eigenvalue weighted by Gasteiger charge is -2.15. The lowest BCUT2D eigenvalue weighted by atomic mass is 10.2. The molecule has 0 radical (unpaired) electrons. The van der Waals surface area contributed by atoms with Crippen molar-refractivity contribution in [3.05, 3.63) is 59.1 Å². The number of esters is 1. The van der Waals surface area contributed by atoms with Crippen molar-refractivity contribution < 1.29 is 22.7 Å². The lowest BCUT2D eigenvalue weighted by Crippen LogP contribution is -2.30. The Hall–Kier alpha value is -2.42. The van der Waals surface area contributed by atoms with Crippen molar-refractivity contribution in [1.82, 2.24) is 4.31 Å². The summed E-state index contributed by atoms with van der Waals surface area (Å²) in [6.45, 7) is 1.41. The number of carbonyl (C=O) groups excluding carboxylic acids is 2. The molecule has 0 spiro atoms. The van der Waals surface area contributed by atoms with Gasteiger partial charge in [0, 0.05) is 14.1 Å². The first-order valence-electron chi connectivity index (χ1n) is 7.92. The van der Waals surface area contributed by atoms with Crippen LogP contribution in [0.2, 0.25) is 5.02 Å². The number of ether oxygens (including phenoxy) is 1. The lowest BCUT2D eigenvalue weighted by molar-refractivity contribution is -0.123. The standard InChI is InChI=1S/C18H19ClN2O5S/c1-12(17(22)20-16-10-5-4-9-15(16)19)26-18(23)13-7-6-8-14(11-13)27(24,25)21(2)3/h4-12H,1-3H3,(H,20,22). The van der Waals surface area contributed by atoms with E-state index in [9.17, 15) is 18.0 Å². The molecule has 7 nitrogen and oxygen atoms in total. The maximum absolute atomic E-state index is 12.3. The SMILES string of the molecule is CC(OC(=O)c1cccc(S(=O)(=O)N(C)C)c1)C(=O)Nc1ccccc1Cl. The van der Waals surface area contributed by atoms with Gasteiger partial charge < -0.3 is 10.1 Å². The monoisotopic (exact) mass is 410 g/mol. The number of sulfonamides is 1. The third-order valence-electron chi connectivity index (χ3n) is 3.63. The number of anilines is 1. The van der Waals surface area contributed by atoms with Crippen LogP contribution in [0.15, 0.2) is 53.4 Å². The molecule has 0 heterocycles. The summed E-state index contributed by atoms with van der Waals surface area (Å²) in [5.41, 5.74) is 0.418. The van der Waals surface area contributed by atoms with E-state index in [1.165, 1.54) is 45.3 Å². The summed E-state index contributed by atoms with van der Waals surface area (Å²) in [4.78, 5) is 24.4. The summed E-state index contributed by atoms with van der Waals surface area (Å²) < 4.78 is 30.5. The second kappa shape index (κ2) is 8.51. The number of carbonyl (C=O) groups is 2. The second-order valence-corrected chi connectivity index (χ2v) is 8.39. The highest BCUT2D eigenvalue weighted by atomic mass is 35.5. The van der Waals surface area contributed by atoms with Gasteiger partial charge in [-0.1, -0.05) is 29.8 Å². The van der Waals surface area contributed by atoms with Crippen LogP contribution in [0.1, 0.15) is 17.3 Å². The minimum absolute atomic E-state index is 0.0234. The van der Waals surface area contributed by atoms with Crippen LogP contribution < -0.4 is 5.32 Å². The molecule has 0 saturated heterocycles. The first-order chi connectivity index (χ1) is 12.6. The van der Waals surface area contributed by atoms with Crippen molar-refractivity contribution in [1.29, 1.82) is 0 Å². The molecule has 2 aromatic rings. The first kappa shape index (κ1) is 20.9. The van der Waals surface area contributed by atoms with Crippen LogP contribution in [0, 0.1) is 0 Å². The first-order valence-corrected chi connectivity index (χ1v) is 9.73. The van der Waals surface area contributed by atoms with Gasteiger partial charge in [-0.2, -0.15) is 0 Å². The van der Waals surface area contributed by atoms with Crippen molar-refractivity contribution in [2.45, 2.75) is 17.9 Å². The summed E-state index contributed by atoms with van der Waals surface area (Å²) in [5.74, 6) is -1.37. The molecular weight excluding hydrogens is 392 g/mol. The van der Waals surface area contributed by atoms with Crippen molar-refractivity contribution >= 4 is 39.2 Å². The third kappa shape index (κ3) is 5.06. The summed E-state index contributed by atoms with van der Waals surface area (Å²) in [6, 6.07) is 12.1. The number of rotatable bonds is 6. The zero-order chi connectivity index (χ0) is 20.2. The van der Waals surface area contributed by atoms with E-state index in [-0.39, 0.29) is 10.5 Å². The molecule has 0 aromatic heterocycles. The van der Waals surface area contributed by atoms with Gasteiger partial charge in [0.1, 0.15) is 0 Å². The molecule has 0 aliphatic heterocycles. The zero-order valence-electron chi connectivity index (χ0n) is 15.0. The van der Waals surface area contributed by atoms with E-state index in [1.807, 2.05) is 0 Å². The molecule has 2 rings (SSSR count). The van der Waals surface area contributed by atoms with Crippen molar-refractivity contribution in [2.75, 3.05) is 19.4 Å².